The van der Waals surface area contributed by atoms with Crippen LogP contribution in [0.25, 0.3) is 11.2 Å². The molecule has 35 heavy (non-hydrogen) atoms. The lowest BCUT2D eigenvalue weighted by Gasteiger charge is -2.18. The molecule has 2 heterocycles. The normalized spacial score (nSPS) is 12.5. The minimum atomic E-state index is -0.976. The summed E-state index contributed by atoms with van der Waals surface area (Å²) in [7, 11) is 2.37. The summed E-state index contributed by atoms with van der Waals surface area (Å²) in [6.07, 6.45) is 1.38. The van der Waals surface area contributed by atoms with Crippen LogP contribution in [0.4, 0.5) is 5.95 Å². The lowest BCUT2D eigenvalue weighted by atomic mass is 10.1. The number of imidazole rings is 1. The van der Waals surface area contributed by atoms with E-state index in [1.165, 1.54) is 32.3 Å². The van der Waals surface area contributed by atoms with Crippen LogP contribution in [0, 0.1) is 0 Å². The molecule has 2 amide bonds. The summed E-state index contributed by atoms with van der Waals surface area (Å²) < 4.78 is 10.6. The van der Waals surface area contributed by atoms with Crippen molar-refractivity contribution in [1.29, 1.82) is 0 Å². The molecule has 0 aliphatic rings. The Balaban J connectivity index is 1.95. The van der Waals surface area contributed by atoms with Crippen LogP contribution in [0.1, 0.15) is 12.8 Å². The average molecular weight is 513 g/mol. The molecule has 2 rings (SSSR count). The van der Waals surface area contributed by atoms with Gasteiger partial charge in [0.1, 0.15) is 18.6 Å². The van der Waals surface area contributed by atoms with E-state index < -0.39 is 41.4 Å². The molecule has 2 aromatic heterocycles. The van der Waals surface area contributed by atoms with Crippen LogP contribution < -0.4 is 27.7 Å². The van der Waals surface area contributed by atoms with Crippen LogP contribution in [0.5, 0.6) is 0 Å². The van der Waals surface area contributed by atoms with E-state index in [1.807, 2.05) is 0 Å². The van der Waals surface area contributed by atoms with Crippen molar-refractivity contribution in [2.24, 2.45) is 5.73 Å². The number of esters is 2. The molecule has 0 saturated heterocycles. The number of nitrogens with zero attached hydrogens (tertiary/aromatic N) is 3. The number of fused-ring (bicyclic) bond motifs is 1. The van der Waals surface area contributed by atoms with Gasteiger partial charge in [0, 0.05) is 24.5 Å². The first-order valence-corrected chi connectivity index (χ1v) is 11.6. The van der Waals surface area contributed by atoms with Crippen molar-refractivity contribution in [3.05, 3.63) is 16.7 Å². The zero-order chi connectivity index (χ0) is 26.0. The Morgan fingerprint density at radius 2 is 2.00 bits per heavy atom. The second-order valence-corrected chi connectivity index (χ2v) is 8.37. The van der Waals surface area contributed by atoms with Crippen molar-refractivity contribution >= 4 is 52.6 Å². The Hall–Kier alpha value is -3.66. The van der Waals surface area contributed by atoms with Crippen molar-refractivity contribution in [2.75, 3.05) is 38.0 Å². The molecule has 0 aromatic carbocycles. The zero-order valence-electron chi connectivity index (χ0n) is 19.2. The molecule has 192 valence electrons. The van der Waals surface area contributed by atoms with Crippen molar-refractivity contribution in [2.45, 2.75) is 31.5 Å². The van der Waals surface area contributed by atoms with E-state index in [1.54, 1.807) is 4.57 Å². The fourth-order valence-corrected chi connectivity index (χ4v) is 3.86. The summed E-state index contributed by atoms with van der Waals surface area (Å²) in [5.74, 6) is -1.80. The number of carbonyl (C=O) groups is 4. The molecule has 2 aromatic rings. The first kappa shape index (κ1) is 27.6. The highest BCUT2D eigenvalue weighted by molar-refractivity contribution is 7.99. The second-order valence-electron chi connectivity index (χ2n) is 7.22. The van der Waals surface area contributed by atoms with Gasteiger partial charge in [0.05, 0.1) is 20.5 Å². The predicted octanol–water partition coefficient (Wildman–Crippen LogP) is -2.51. The van der Waals surface area contributed by atoms with Crippen LogP contribution in [0.15, 0.2) is 11.1 Å². The van der Waals surface area contributed by atoms with Crippen molar-refractivity contribution < 1.29 is 28.7 Å². The number of hydrogen-bond acceptors (Lipinski definition) is 12. The molecule has 0 aliphatic heterocycles. The summed E-state index contributed by atoms with van der Waals surface area (Å²) >= 11 is 1.32. The standard InChI is InChI=1S/C19H28N8O7S/c1-33-13(29)7-22-16(30)11(24-12(28)4-3-10(20)18(32)34-2)8-35-6-5-27-9-23-15-14(27)17(31)26-19(21)25-15/h9-11H,3-8,20H2,1-2H3,(H,22,30)(H,24,28)(H3,21,25,26,31)/t10-,11-/m0/s1. The SMILES string of the molecule is COC(=O)CNC(=O)[C@H](CSCCn1cnc2nc(N)[nH]c(=O)c21)NC(=O)CC[C@H](N)C(=O)OC. The highest BCUT2D eigenvalue weighted by Crippen LogP contribution is 2.10. The topological polar surface area (TPSA) is 226 Å². The van der Waals surface area contributed by atoms with Gasteiger partial charge in [-0.3, -0.25) is 29.0 Å². The summed E-state index contributed by atoms with van der Waals surface area (Å²) in [5, 5.41) is 4.98. The van der Waals surface area contributed by atoms with Gasteiger partial charge in [-0.05, 0) is 6.42 Å². The maximum Gasteiger partial charge on any atom is 0.325 e. The molecular weight excluding hydrogens is 484 g/mol. The van der Waals surface area contributed by atoms with E-state index >= 15 is 0 Å². The van der Waals surface area contributed by atoms with E-state index in [0.717, 1.165) is 0 Å². The van der Waals surface area contributed by atoms with Crippen molar-refractivity contribution in [3.8, 4) is 0 Å². The first-order chi connectivity index (χ1) is 16.7. The highest BCUT2D eigenvalue weighted by Gasteiger charge is 2.23. The number of amides is 2. The smallest absolute Gasteiger partial charge is 0.325 e. The van der Waals surface area contributed by atoms with E-state index in [0.29, 0.717) is 12.3 Å². The van der Waals surface area contributed by atoms with Crippen LogP contribution in [0.2, 0.25) is 0 Å². The predicted molar refractivity (Wildman–Crippen MR) is 126 cm³/mol. The molecule has 0 fully saturated rings. The number of aromatic amines is 1. The number of aryl methyl sites for hydroxylation is 1. The summed E-state index contributed by atoms with van der Waals surface area (Å²) in [4.78, 5) is 70.2. The molecule has 0 aliphatic carbocycles. The summed E-state index contributed by atoms with van der Waals surface area (Å²) in [6, 6.07) is -1.94. The Bertz CT molecular complexity index is 1120. The lowest BCUT2D eigenvalue weighted by molar-refractivity contribution is -0.142. The summed E-state index contributed by atoms with van der Waals surface area (Å²) in [6.45, 7) is 0.00773. The number of H-pyrrole nitrogens is 1. The number of ether oxygens (including phenoxy) is 2. The number of nitrogen functional groups attached to an aromatic ring is 1. The molecule has 15 nitrogen and oxygen atoms in total. The Labute approximate surface area is 203 Å². The van der Waals surface area contributed by atoms with Gasteiger partial charge in [-0.15, -0.1) is 0 Å². The molecule has 0 spiro atoms. The number of nitrogens with two attached hydrogens (primary N) is 2. The van der Waals surface area contributed by atoms with Crippen LogP contribution in [0.3, 0.4) is 0 Å². The van der Waals surface area contributed by atoms with Gasteiger partial charge < -0.3 is 36.1 Å². The van der Waals surface area contributed by atoms with Crippen LogP contribution in [-0.4, -0.2) is 87.6 Å². The third-order valence-electron chi connectivity index (χ3n) is 4.74. The fourth-order valence-electron chi connectivity index (χ4n) is 2.90. The van der Waals surface area contributed by atoms with Gasteiger partial charge in [0.15, 0.2) is 11.2 Å². The van der Waals surface area contributed by atoms with Crippen molar-refractivity contribution in [1.82, 2.24) is 30.2 Å². The van der Waals surface area contributed by atoms with E-state index in [2.05, 4.69) is 35.1 Å². The van der Waals surface area contributed by atoms with Gasteiger partial charge >= 0.3 is 11.9 Å². The minimum Gasteiger partial charge on any atom is -0.468 e. The number of nitrogens with one attached hydrogen (secondary N) is 3. The molecule has 0 bridgehead atoms. The molecule has 2 atom stereocenters. The number of hydrogen-bond donors (Lipinski definition) is 5. The van der Waals surface area contributed by atoms with Crippen LogP contribution >= 0.6 is 11.8 Å². The number of carbonyl (C=O) groups excluding carboxylic acids is 4. The van der Waals surface area contributed by atoms with Gasteiger partial charge in [-0.2, -0.15) is 16.7 Å². The van der Waals surface area contributed by atoms with E-state index in [9.17, 15) is 24.0 Å². The molecule has 0 unspecified atom stereocenters. The monoisotopic (exact) mass is 512 g/mol. The van der Waals surface area contributed by atoms with Gasteiger partial charge in [-0.25, -0.2) is 4.98 Å². The number of anilines is 1. The molecule has 0 radical (unpaired) electrons. The third-order valence-corrected chi connectivity index (χ3v) is 5.78. The van der Waals surface area contributed by atoms with Gasteiger partial charge in [0.25, 0.3) is 5.56 Å². The first-order valence-electron chi connectivity index (χ1n) is 10.4. The maximum atomic E-state index is 12.5. The van der Waals surface area contributed by atoms with Crippen molar-refractivity contribution in [3.63, 3.8) is 0 Å². The number of rotatable bonds is 13. The lowest BCUT2D eigenvalue weighted by Crippen LogP contribution is -2.49. The number of thioether (sulfide) groups is 1. The van der Waals surface area contributed by atoms with Gasteiger partial charge in [0.2, 0.25) is 17.8 Å². The Kier molecular flexibility index (Phi) is 10.5. The Morgan fingerprint density at radius 3 is 2.69 bits per heavy atom. The minimum absolute atomic E-state index is 0.0307. The number of methoxy groups -OCH3 is 2. The molecule has 7 N–H and O–H groups in total. The number of aromatic nitrogens is 4. The third kappa shape index (κ3) is 8.25. The largest absolute Gasteiger partial charge is 0.468 e. The van der Waals surface area contributed by atoms with Gasteiger partial charge in [-0.1, -0.05) is 0 Å². The average Bonchev–Trinajstić information content (AvgIpc) is 3.24. The van der Waals surface area contributed by atoms with E-state index in [4.69, 9.17) is 11.5 Å². The maximum absolute atomic E-state index is 12.5. The van der Waals surface area contributed by atoms with Crippen LogP contribution in [-0.2, 0) is 35.2 Å². The fraction of sp³-hybridized carbons (Fsp3) is 0.526. The Morgan fingerprint density at radius 1 is 1.26 bits per heavy atom. The molecular formula is C19H28N8O7S. The second kappa shape index (κ2) is 13.3. The molecule has 16 heteroatoms. The zero-order valence-corrected chi connectivity index (χ0v) is 20.1. The quantitative estimate of drug-likeness (QED) is 0.138. The summed E-state index contributed by atoms with van der Waals surface area (Å²) in [5.41, 5.74) is 11.2. The van der Waals surface area contributed by atoms with E-state index in [-0.39, 0.29) is 42.3 Å². The molecule has 0 saturated carbocycles. The highest BCUT2D eigenvalue weighted by atomic mass is 32.2.